The minimum atomic E-state index is -0.525. The van der Waals surface area contributed by atoms with Gasteiger partial charge in [0.25, 0.3) is 0 Å². The molecule has 3 N–H and O–H groups in total. The number of aliphatic hydroxyl groups is 1. The molecule has 0 saturated heterocycles. The summed E-state index contributed by atoms with van der Waals surface area (Å²) in [6.07, 6.45) is -0.0866. The number of carbonyl (C=O) groups excluding carboxylic acids is 1. The van der Waals surface area contributed by atoms with Crippen LogP contribution in [-0.2, 0) is 0 Å². The Labute approximate surface area is 105 Å². The average Bonchev–Trinajstić information content (AvgIpc) is 2.29. The lowest BCUT2D eigenvalue weighted by molar-refractivity contribution is 0.239. The predicted molar refractivity (Wildman–Crippen MR) is 66.3 cm³/mol. The predicted octanol–water partition coefficient (Wildman–Crippen LogP) is 1.73. The van der Waals surface area contributed by atoms with Gasteiger partial charge in [-0.2, -0.15) is 0 Å². The van der Waals surface area contributed by atoms with Crippen molar-refractivity contribution in [3.05, 3.63) is 24.0 Å². The highest BCUT2D eigenvalue weighted by atomic mass is 19.1. The number of urea groups is 1. The second kappa shape index (κ2) is 6.80. The lowest BCUT2D eigenvalue weighted by Gasteiger charge is -2.15. The van der Waals surface area contributed by atoms with Gasteiger partial charge in [-0.25, -0.2) is 9.18 Å². The number of nitrogens with one attached hydrogen (secondary N) is 2. The third-order valence-corrected chi connectivity index (χ3v) is 1.95. The lowest BCUT2D eigenvalue weighted by atomic mass is 10.2. The molecule has 2 amide bonds. The first-order valence-electron chi connectivity index (χ1n) is 5.65. The number of halogens is 1. The number of anilines is 1. The first-order valence-corrected chi connectivity index (χ1v) is 5.65. The third kappa shape index (κ3) is 4.58. The van der Waals surface area contributed by atoms with Crippen LogP contribution in [0.1, 0.15) is 13.8 Å². The molecule has 0 bridgehead atoms. The number of benzene rings is 1. The zero-order valence-electron chi connectivity index (χ0n) is 10.4. The van der Waals surface area contributed by atoms with Crippen molar-refractivity contribution < 1.29 is 19.0 Å². The molecular weight excluding hydrogens is 239 g/mol. The van der Waals surface area contributed by atoms with Crippen LogP contribution in [-0.4, -0.2) is 30.4 Å². The molecule has 0 aliphatic heterocycles. The normalized spacial score (nSPS) is 10.3. The molecule has 5 nitrogen and oxygen atoms in total. The smallest absolute Gasteiger partial charge is 0.319 e. The minimum Gasteiger partial charge on any atom is -0.489 e. The molecule has 100 valence electrons. The Morgan fingerprint density at radius 1 is 1.50 bits per heavy atom. The van der Waals surface area contributed by atoms with Crippen LogP contribution in [0.4, 0.5) is 14.9 Å². The summed E-state index contributed by atoms with van der Waals surface area (Å²) in [4.78, 5) is 11.4. The largest absolute Gasteiger partial charge is 0.489 e. The summed E-state index contributed by atoms with van der Waals surface area (Å²) < 4.78 is 18.6. The van der Waals surface area contributed by atoms with Crippen molar-refractivity contribution in [1.82, 2.24) is 5.32 Å². The summed E-state index contributed by atoms with van der Waals surface area (Å²) >= 11 is 0. The van der Waals surface area contributed by atoms with E-state index in [1.165, 1.54) is 18.2 Å². The Morgan fingerprint density at radius 3 is 2.83 bits per heavy atom. The second-order valence-corrected chi connectivity index (χ2v) is 3.91. The van der Waals surface area contributed by atoms with Crippen molar-refractivity contribution in [3.8, 4) is 5.75 Å². The third-order valence-electron chi connectivity index (χ3n) is 1.95. The number of ether oxygens (including phenoxy) is 1. The molecule has 0 saturated carbocycles. The van der Waals surface area contributed by atoms with Gasteiger partial charge < -0.3 is 20.5 Å². The first-order chi connectivity index (χ1) is 8.52. The van der Waals surface area contributed by atoms with Crippen molar-refractivity contribution in [1.29, 1.82) is 0 Å². The Morgan fingerprint density at radius 2 is 2.22 bits per heavy atom. The molecule has 0 spiro atoms. The van der Waals surface area contributed by atoms with Gasteiger partial charge in [-0.15, -0.1) is 0 Å². The maximum Gasteiger partial charge on any atom is 0.319 e. The zero-order valence-corrected chi connectivity index (χ0v) is 10.4. The van der Waals surface area contributed by atoms with Crippen LogP contribution in [0, 0.1) is 5.82 Å². The second-order valence-electron chi connectivity index (χ2n) is 3.91. The molecule has 0 aromatic heterocycles. The summed E-state index contributed by atoms with van der Waals surface area (Å²) in [6.45, 7) is 3.63. The highest BCUT2D eigenvalue weighted by Gasteiger charge is 2.10. The van der Waals surface area contributed by atoms with Gasteiger partial charge in [0, 0.05) is 12.6 Å². The molecule has 0 aliphatic rings. The molecule has 0 heterocycles. The quantitative estimate of drug-likeness (QED) is 0.751. The van der Waals surface area contributed by atoms with Crippen LogP contribution in [0.25, 0.3) is 0 Å². The molecule has 6 heteroatoms. The molecule has 0 unspecified atom stereocenters. The van der Waals surface area contributed by atoms with Crippen molar-refractivity contribution in [2.45, 2.75) is 20.0 Å². The number of aliphatic hydroxyl groups excluding tert-OH is 1. The monoisotopic (exact) mass is 256 g/mol. The molecule has 1 aromatic rings. The van der Waals surface area contributed by atoms with Crippen LogP contribution < -0.4 is 15.4 Å². The van der Waals surface area contributed by atoms with Gasteiger partial charge in [-0.05, 0) is 26.0 Å². The number of amides is 2. The van der Waals surface area contributed by atoms with E-state index in [1.807, 2.05) is 13.8 Å². The maximum atomic E-state index is 13.1. The SMILES string of the molecule is CC(C)Oc1ccc(F)cc1NC(=O)NCCO. The Balaban J connectivity index is 2.78. The van der Waals surface area contributed by atoms with Gasteiger partial charge in [0.1, 0.15) is 11.6 Å². The van der Waals surface area contributed by atoms with Crippen molar-refractivity contribution >= 4 is 11.7 Å². The van der Waals surface area contributed by atoms with E-state index in [2.05, 4.69) is 10.6 Å². The Kier molecular flexibility index (Phi) is 5.38. The molecule has 0 aliphatic carbocycles. The van der Waals surface area contributed by atoms with E-state index in [-0.39, 0.29) is 24.9 Å². The van der Waals surface area contributed by atoms with Gasteiger partial charge in [0.2, 0.25) is 0 Å². The highest BCUT2D eigenvalue weighted by Crippen LogP contribution is 2.26. The van der Waals surface area contributed by atoms with E-state index >= 15 is 0 Å². The topological polar surface area (TPSA) is 70.6 Å². The van der Waals surface area contributed by atoms with Gasteiger partial charge in [-0.1, -0.05) is 0 Å². The summed E-state index contributed by atoms with van der Waals surface area (Å²) in [5.41, 5.74) is 0.249. The van der Waals surface area contributed by atoms with Gasteiger partial charge in [0.05, 0.1) is 18.4 Å². The minimum absolute atomic E-state index is 0.0866. The van der Waals surface area contributed by atoms with E-state index < -0.39 is 11.8 Å². The maximum absolute atomic E-state index is 13.1. The summed E-state index contributed by atoms with van der Waals surface area (Å²) in [6, 6.07) is 3.37. The Bertz CT molecular complexity index is 410. The van der Waals surface area contributed by atoms with Gasteiger partial charge >= 0.3 is 6.03 Å². The lowest BCUT2D eigenvalue weighted by Crippen LogP contribution is -2.31. The molecule has 18 heavy (non-hydrogen) atoms. The van der Waals surface area contributed by atoms with Crippen molar-refractivity contribution in [3.63, 3.8) is 0 Å². The summed E-state index contributed by atoms with van der Waals surface area (Å²) in [5, 5.41) is 13.4. The fourth-order valence-electron chi connectivity index (χ4n) is 1.29. The van der Waals surface area contributed by atoms with E-state index in [1.54, 1.807) is 0 Å². The van der Waals surface area contributed by atoms with E-state index in [4.69, 9.17) is 9.84 Å². The summed E-state index contributed by atoms with van der Waals surface area (Å²) in [5.74, 6) is -0.0749. The molecule has 0 fully saturated rings. The molecular formula is C12H17FN2O3. The fourth-order valence-corrected chi connectivity index (χ4v) is 1.29. The number of hydrogen-bond donors (Lipinski definition) is 3. The standard InChI is InChI=1S/C12H17FN2O3/c1-8(2)18-11-4-3-9(13)7-10(11)15-12(17)14-5-6-16/h3-4,7-8,16H,5-6H2,1-2H3,(H2,14,15,17). The van der Waals surface area contributed by atoms with E-state index in [0.717, 1.165) is 0 Å². The number of rotatable bonds is 5. The fraction of sp³-hybridized carbons (Fsp3) is 0.417. The molecule has 1 rings (SSSR count). The van der Waals surface area contributed by atoms with Crippen LogP contribution in [0.5, 0.6) is 5.75 Å². The van der Waals surface area contributed by atoms with E-state index in [9.17, 15) is 9.18 Å². The van der Waals surface area contributed by atoms with Crippen molar-refractivity contribution in [2.75, 3.05) is 18.5 Å². The first kappa shape index (κ1) is 14.2. The van der Waals surface area contributed by atoms with Crippen LogP contribution in [0.2, 0.25) is 0 Å². The van der Waals surface area contributed by atoms with Gasteiger partial charge in [0.15, 0.2) is 0 Å². The number of hydrogen-bond acceptors (Lipinski definition) is 3. The molecule has 0 atom stereocenters. The number of carbonyl (C=O) groups is 1. The highest BCUT2D eigenvalue weighted by molar-refractivity contribution is 5.90. The zero-order chi connectivity index (χ0) is 13.5. The average molecular weight is 256 g/mol. The van der Waals surface area contributed by atoms with E-state index in [0.29, 0.717) is 5.75 Å². The molecule has 1 aromatic carbocycles. The van der Waals surface area contributed by atoms with Crippen LogP contribution >= 0.6 is 0 Å². The van der Waals surface area contributed by atoms with Crippen LogP contribution in [0.3, 0.4) is 0 Å². The van der Waals surface area contributed by atoms with Crippen LogP contribution in [0.15, 0.2) is 18.2 Å². The van der Waals surface area contributed by atoms with Crippen molar-refractivity contribution in [2.24, 2.45) is 0 Å². The summed E-state index contributed by atoms with van der Waals surface area (Å²) in [7, 11) is 0. The molecule has 0 radical (unpaired) electrons. The Hall–Kier alpha value is -1.82. The van der Waals surface area contributed by atoms with Gasteiger partial charge in [-0.3, -0.25) is 0 Å².